The van der Waals surface area contributed by atoms with E-state index in [2.05, 4.69) is 10.3 Å². The molecule has 0 spiro atoms. The standard InChI is InChI=1S/C18H21N3O4/c1-11(2)21-15-14(6-5-9-19-15)25-18(4,17(21)23)16(22)20-10-13-8-7-12(3)24-13/h5-9,11H,10H2,1-4H3,(H,20,22)/t18-/m1/s1. The summed E-state index contributed by atoms with van der Waals surface area (Å²) in [5.74, 6) is 1.23. The van der Waals surface area contributed by atoms with Gasteiger partial charge in [0.25, 0.3) is 17.4 Å². The molecular formula is C18H21N3O4. The number of nitrogens with one attached hydrogen (secondary N) is 1. The van der Waals surface area contributed by atoms with Crippen LogP contribution in [0.1, 0.15) is 32.3 Å². The molecule has 0 aliphatic carbocycles. The number of nitrogens with zero attached hydrogens (tertiary/aromatic N) is 2. The first-order valence-electron chi connectivity index (χ1n) is 8.14. The first-order valence-corrected chi connectivity index (χ1v) is 8.14. The van der Waals surface area contributed by atoms with E-state index in [9.17, 15) is 9.59 Å². The van der Waals surface area contributed by atoms with Gasteiger partial charge in [0.1, 0.15) is 11.5 Å². The molecule has 0 saturated heterocycles. The van der Waals surface area contributed by atoms with Crippen molar-refractivity contribution in [2.75, 3.05) is 4.90 Å². The van der Waals surface area contributed by atoms with E-state index in [0.29, 0.717) is 17.3 Å². The summed E-state index contributed by atoms with van der Waals surface area (Å²) in [6, 6.07) is 6.84. The molecule has 25 heavy (non-hydrogen) atoms. The van der Waals surface area contributed by atoms with E-state index < -0.39 is 17.4 Å². The van der Waals surface area contributed by atoms with E-state index >= 15 is 0 Å². The number of fused-ring (bicyclic) bond motifs is 1. The smallest absolute Gasteiger partial charge is 0.282 e. The molecule has 0 fully saturated rings. The highest BCUT2D eigenvalue weighted by molar-refractivity contribution is 6.16. The molecule has 2 aromatic rings. The fourth-order valence-corrected chi connectivity index (χ4v) is 2.77. The Hall–Kier alpha value is -2.83. The lowest BCUT2D eigenvalue weighted by Crippen LogP contribution is -2.63. The number of aryl methyl sites for hydroxylation is 1. The van der Waals surface area contributed by atoms with Gasteiger partial charge < -0.3 is 14.5 Å². The van der Waals surface area contributed by atoms with Gasteiger partial charge in [-0.1, -0.05) is 0 Å². The van der Waals surface area contributed by atoms with Gasteiger partial charge in [-0.15, -0.1) is 0 Å². The quantitative estimate of drug-likeness (QED) is 0.860. The number of anilines is 1. The van der Waals surface area contributed by atoms with Crippen molar-refractivity contribution in [3.63, 3.8) is 0 Å². The highest BCUT2D eigenvalue weighted by Gasteiger charge is 2.51. The fraction of sp³-hybridized carbons (Fsp3) is 0.389. The van der Waals surface area contributed by atoms with E-state index in [1.165, 1.54) is 11.8 Å². The largest absolute Gasteiger partial charge is 0.465 e. The summed E-state index contributed by atoms with van der Waals surface area (Å²) in [6.45, 7) is 7.21. The van der Waals surface area contributed by atoms with E-state index in [4.69, 9.17) is 9.15 Å². The SMILES string of the molecule is Cc1ccc(CNC(=O)[C@@]2(C)Oc3cccnc3N(C(C)C)C2=O)o1. The number of amides is 2. The van der Waals surface area contributed by atoms with Crippen LogP contribution in [0, 0.1) is 6.92 Å². The van der Waals surface area contributed by atoms with Crippen molar-refractivity contribution in [3.8, 4) is 5.75 Å². The Morgan fingerprint density at radius 1 is 1.36 bits per heavy atom. The van der Waals surface area contributed by atoms with E-state index in [0.717, 1.165) is 5.76 Å². The summed E-state index contributed by atoms with van der Waals surface area (Å²) in [4.78, 5) is 31.5. The molecule has 7 nitrogen and oxygen atoms in total. The lowest BCUT2D eigenvalue weighted by atomic mass is 10.00. The molecule has 3 heterocycles. The minimum absolute atomic E-state index is 0.162. The van der Waals surface area contributed by atoms with Crippen molar-refractivity contribution >= 4 is 17.6 Å². The average Bonchev–Trinajstić information content (AvgIpc) is 2.98. The van der Waals surface area contributed by atoms with Gasteiger partial charge in [0.2, 0.25) is 0 Å². The zero-order valence-corrected chi connectivity index (χ0v) is 14.7. The lowest BCUT2D eigenvalue weighted by molar-refractivity contribution is -0.149. The van der Waals surface area contributed by atoms with E-state index in [1.807, 2.05) is 26.8 Å². The van der Waals surface area contributed by atoms with E-state index in [-0.39, 0.29) is 12.6 Å². The summed E-state index contributed by atoms with van der Waals surface area (Å²) < 4.78 is 11.2. The molecule has 3 rings (SSSR count). The zero-order chi connectivity index (χ0) is 18.2. The Labute approximate surface area is 146 Å². The van der Waals surface area contributed by atoms with Gasteiger partial charge in [-0.25, -0.2) is 4.98 Å². The molecule has 0 aromatic carbocycles. The maximum Gasteiger partial charge on any atom is 0.282 e. The van der Waals surface area contributed by atoms with Crippen LogP contribution in [0.25, 0.3) is 0 Å². The van der Waals surface area contributed by atoms with Crippen LogP contribution in [0.5, 0.6) is 5.75 Å². The molecule has 1 N–H and O–H groups in total. The van der Waals surface area contributed by atoms with Crippen LogP contribution in [0.4, 0.5) is 5.82 Å². The Morgan fingerprint density at radius 3 is 2.76 bits per heavy atom. The molecule has 1 aliphatic rings. The number of pyridine rings is 1. The van der Waals surface area contributed by atoms with Crippen molar-refractivity contribution < 1.29 is 18.7 Å². The third-order valence-corrected chi connectivity index (χ3v) is 4.09. The number of carbonyl (C=O) groups is 2. The third-order valence-electron chi connectivity index (χ3n) is 4.09. The van der Waals surface area contributed by atoms with Crippen LogP contribution in [0.15, 0.2) is 34.9 Å². The normalized spacial score (nSPS) is 19.6. The Morgan fingerprint density at radius 2 is 2.12 bits per heavy atom. The maximum absolute atomic E-state index is 13.0. The minimum atomic E-state index is -1.66. The number of ether oxygens (including phenoxy) is 1. The van der Waals surface area contributed by atoms with Gasteiger partial charge >= 0.3 is 0 Å². The number of rotatable bonds is 4. The number of carbonyl (C=O) groups excluding carboxylic acids is 2. The van der Waals surface area contributed by atoms with Crippen LogP contribution in [0.3, 0.4) is 0 Å². The summed E-state index contributed by atoms with van der Waals surface area (Å²) in [5, 5.41) is 2.72. The highest BCUT2D eigenvalue weighted by Crippen LogP contribution is 2.37. The Kier molecular flexibility index (Phi) is 4.24. The number of hydrogen-bond acceptors (Lipinski definition) is 5. The topological polar surface area (TPSA) is 84.7 Å². The molecule has 0 bridgehead atoms. The lowest BCUT2D eigenvalue weighted by Gasteiger charge is -2.40. The monoisotopic (exact) mass is 343 g/mol. The number of aromatic nitrogens is 1. The van der Waals surface area contributed by atoms with Crippen LogP contribution in [0.2, 0.25) is 0 Å². The van der Waals surface area contributed by atoms with Crippen molar-refractivity contribution in [2.45, 2.75) is 45.9 Å². The fourth-order valence-electron chi connectivity index (χ4n) is 2.77. The second-order valence-corrected chi connectivity index (χ2v) is 6.42. The zero-order valence-electron chi connectivity index (χ0n) is 14.7. The summed E-state index contributed by atoms with van der Waals surface area (Å²) in [6.07, 6.45) is 1.59. The Balaban J connectivity index is 1.86. The highest BCUT2D eigenvalue weighted by atomic mass is 16.5. The summed E-state index contributed by atoms with van der Waals surface area (Å²) >= 11 is 0. The van der Waals surface area contributed by atoms with Crippen molar-refractivity contribution in [1.82, 2.24) is 10.3 Å². The molecule has 2 amide bonds. The predicted octanol–water partition coefficient (Wildman–Crippen LogP) is 2.19. The van der Waals surface area contributed by atoms with Gasteiger partial charge in [0.05, 0.1) is 6.54 Å². The second kappa shape index (κ2) is 6.23. The van der Waals surface area contributed by atoms with Gasteiger partial charge in [-0.3, -0.25) is 14.5 Å². The molecule has 1 aliphatic heterocycles. The molecule has 0 saturated carbocycles. The third kappa shape index (κ3) is 2.97. The molecule has 0 radical (unpaired) electrons. The van der Waals surface area contributed by atoms with Crippen LogP contribution < -0.4 is 15.0 Å². The van der Waals surface area contributed by atoms with E-state index in [1.54, 1.807) is 24.4 Å². The van der Waals surface area contributed by atoms with Gasteiger partial charge in [0.15, 0.2) is 11.6 Å². The van der Waals surface area contributed by atoms with Gasteiger partial charge in [-0.05, 0) is 52.0 Å². The summed E-state index contributed by atoms with van der Waals surface area (Å²) in [7, 11) is 0. The molecule has 1 atom stereocenters. The van der Waals surface area contributed by atoms with Crippen molar-refractivity contribution in [3.05, 3.63) is 42.0 Å². The first-order chi connectivity index (χ1) is 11.8. The van der Waals surface area contributed by atoms with Gasteiger partial charge in [0, 0.05) is 12.2 Å². The van der Waals surface area contributed by atoms with Crippen LogP contribution in [-0.2, 0) is 16.1 Å². The maximum atomic E-state index is 13.0. The summed E-state index contributed by atoms with van der Waals surface area (Å²) in [5.41, 5.74) is -1.66. The Bertz CT molecular complexity index is 814. The van der Waals surface area contributed by atoms with Crippen molar-refractivity contribution in [2.24, 2.45) is 0 Å². The van der Waals surface area contributed by atoms with Crippen molar-refractivity contribution in [1.29, 1.82) is 0 Å². The van der Waals surface area contributed by atoms with Gasteiger partial charge in [-0.2, -0.15) is 0 Å². The molecule has 0 unspecified atom stereocenters. The minimum Gasteiger partial charge on any atom is -0.465 e. The number of hydrogen-bond donors (Lipinski definition) is 1. The second-order valence-electron chi connectivity index (χ2n) is 6.42. The van der Waals surface area contributed by atoms with Crippen LogP contribution in [-0.4, -0.2) is 28.4 Å². The molecular weight excluding hydrogens is 322 g/mol. The predicted molar refractivity (Wildman–Crippen MR) is 91.2 cm³/mol. The molecule has 132 valence electrons. The number of furan rings is 1. The van der Waals surface area contributed by atoms with Crippen LogP contribution >= 0.6 is 0 Å². The first kappa shape index (κ1) is 17.0. The molecule has 7 heteroatoms. The molecule has 2 aromatic heterocycles. The average molecular weight is 343 g/mol.